The fourth-order valence-corrected chi connectivity index (χ4v) is 2.65. The van der Waals surface area contributed by atoms with Gasteiger partial charge in [-0.2, -0.15) is 0 Å². The molecule has 2 aromatic rings. The summed E-state index contributed by atoms with van der Waals surface area (Å²) >= 11 is 0. The number of anilines is 1. The highest BCUT2D eigenvalue weighted by Crippen LogP contribution is 2.33. The van der Waals surface area contributed by atoms with Gasteiger partial charge in [0.2, 0.25) is 0 Å². The van der Waals surface area contributed by atoms with Gasteiger partial charge in [-0.05, 0) is 45.7 Å². The summed E-state index contributed by atoms with van der Waals surface area (Å²) in [7, 11) is 0. The number of aryl methyl sites for hydroxylation is 1. The molecule has 3 heterocycles. The Morgan fingerprint density at radius 3 is 2.94 bits per heavy atom. The molecule has 0 fully saturated rings. The summed E-state index contributed by atoms with van der Waals surface area (Å²) in [4.78, 5) is 10.4. The summed E-state index contributed by atoms with van der Waals surface area (Å²) < 4.78 is 0. The SMILES string of the molecule is CC(C)(C)N1CCCc2nc3[nH]ccc3cc21. The van der Waals surface area contributed by atoms with Gasteiger partial charge in [0.05, 0.1) is 11.4 Å². The van der Waals surface area contributed by atoms with Crippen molar-refractivity contribution in [1.82, 2.24) is 9.97 Å². The summed E-state index contributed by atoms with van der Waals surface area (Å²) in [6.07, 6.45) is 4.25. The zero-order valence-electron chi connectivity index (χ0n) is 10.7. The first kappa shape index (κ1) is 10.6. The molecule has 2 aromatic heterocycles. The molecule has 1 aliphatic heterocycles. The van der Waals surface area contributed by atoms with Crippen LogP contribution in [0.1, 0.15) is 32.9 Å². The Morgan fingerprint density at radius 1 is 1.35 bits per heavy atom. The van der Waals surface area contributed by atoms with Gasteiger partial charge in [-0.1, -0.05) is 0 Å². The van der Waals surface area contributed by atoms with Crippen molar-refractivity contribution < 1.29 is 0 Å². The lowest BCUT2D eigenvalue weighted by Crippen LogP contribution is -2.44. The fourth-order valence-electron chi connectivity index (χ4n) is 2.65. The van der Waals surface area contributed by atoms with E-state index in [2.05, 4.69) is 42.8 Å². The van der Waals surface area contributed by atoms with Gasteiger partial charge >= 0.3 is 0 Å². The summed E-state index contributed by atoms with van der Waals surface area (Å²) in [6.45, 7) is 7.93. The van der Waals surface area contributed by atoms with E-state index in [1.807, 2.05) is 6.20 Å². The first-order valence-electron chi connectivity index (χ1n) is 6.30. The van der Waals surface area contributed by atoms with E-state index >= 15 is 0 Å². The number of fused-ring (bicyclic) bond motifs is 2. The molecule has 0 bridgehead atoms. The zero-order valence-corrected chi connectivity index (χ0v) is 10.7. The highest BCUT2D eigenvalue weighted by molar-refractivity contribution is 5.81. The van der Waals surface area contributed by atoms with Crippen LogP contribution in [-0.2, 0) is 6.42 Å². The fraction of sp³-hybridized carbons (Fsp3) is 0.500. The minimum atomic E-state index is 0.167. The normalized spacial score (nSPS) is 16.3. The monoisotopic (exact) mass is 229 g/mol. The molecule has 1 aliphatic rings. The van der Waals surface area contributed by atoms with Gasteiger partial charge in [-0.25, -0.2) is 4.98 Å². The van der Waals surface area contributed by atoms with Gasteiger partial charge in [-0.15, -0.1) is 0 Å². The lowest BCUT2D eigenvalue weighted by atomic mass is 9.98. The van der Waals surface area contributed by atoms with E-state index in [9.17, 15) is 0 Å². The number of aromatic nitrogens is 2. The number of hydrogen-bond donors (Lipinski definition) is 1. The molecular weight excluding hydrogens is 210 g/mol. The lowest BCUT2D eigenvalue weighted by molar-refractivity contribution is 0.481. The maximum Gasteiger partial charge on any atom is 0.137 e. The second kappa shape index (κ2) is 3.49. The van der Waals surface area contributed by atoms with E-state index in [4.69, 9.17) is 4.98 Å². The molecule has 90 valence electrons. The molecule has 3 nitrogen and oxygen atoms in total. The third-order valence-corrected chi connectivity index (χ3v) is 3.49. The van der Waals surface area contributed by atoms with Gasteiger partial charge in [0.1, 0.15) is 5.65 Å². The third-order valence-electron chi connectivity index (χ3n) is 3.49. The molecule has 0 unspecified atom stereocenters. The Morgan fingerprint density at radius 2 is 2.18 bits per heavy atom. The van der Waals surface area contributed by atoms with Gasteiger partial charge in [0.15, 0.2) is 0 Å². The number of nitrogens with one attached hydrogen (secondary N) is 1. The quantitative estimate of drug-likeness (QED) is 0.752. The number of pyridine rings is 1. The molecule has 17 heavy (non-hydrogen) atoms. The summed E-state index contributed by atoms with van der Waals surface area (Å²) in [5, 5.41) is 1.21. The van der Waals surface area contributed by atoms with Crippen LogP contribution in [0.15, 0.2) is 18.3 Å². The van der Waals surface area contributed by atoms with Crippen molar-refractivity contribution in [1.29, 1.82) is 0 Å². The minimum Gasteiger partial charge on any atom is -0.365 e. The molecule has 0 saturated carbocycles. The van der Waals surface area contributed by atoms with Crippen LogP contribution in [0, 0.1) is 0 Å². The summed E-state index contributed by atoms with van der Waals surface area (Å²) in [6, 6.07) is 4.37. The maximum absolute atomic E-state index is 4.74. The predicted octanol–water partition coefficient (Wildman–Crippen LogP) is 3.11. The van der Waals surface area contributed by atoms with Crippen LogP contribution < -0.4 is 4.90 Å². The lowest BCUT2D eigenvalue weighted by Gasteiger charge is -2.41. The molecular formula is C14H19N3. The van der Waals surface area contributed by atoms with E-state index in [-0.39, 0.29) is 5.54 Å². The van der Waals surface area contributed by atoms with Crippen molar-refractivity contribution in [3.05, 3.63) is 24.0 Å². The van der Waals surface area contributed by atoms with E-state index in [0.29, 0.717) is 0 Å². The molecule has 0 saturated heterocycles. The van der Waals surface area contributed by atoms with E-state index in [1.165, 1.54) is 23.2 Å². The van der Waals surface area contributed by atoms with Crippen molar-refractivity contribution >= 4 is 16.7 Å². The van der Waals surface area contributed by atoms with Crippen molar-refractivity contribution in [2.24, 2.45) is 0 Å². The second-order valence-corrected chi connectivity index (χ2v) is 5.80. The summed E-state index contributed by atoms with van der Waals surface area (Å²) in [5.41, 5.74) is 3.73. The minimum absolute atomic E-state index is 0.167. The molecule has 1 N–H and O–H groups in total. The van der Waals surface area contributed by atoms with Crippen molar-refractivity contribution in [2.45, 2.75) is 39.2 Å². The van der Waals surface area contributed by atoms with Crippen LogP contribution >= 0.6 is 0 Å². The Hall–Kier alpha value is -1.51. The number of nitrogens with zero attached hydrogens (tertiary/aromatic N) is 2. The van der Waals surface area contributed by atoms with E-state index in [0.717, 1.165) is 18.6 Å². The van der Waals surface area contributed by atoms with Gasteiger partial charge in [0.25, 0.3) is 0 Å². The van der Waals surface area contributed by atoms with E-state index in [1.54, 1.807) is 0 Å². The highest BCUT2D eigenvalue weighted by Gasteiger charge is 2.27. The van der Waals surface area contributed by atoms with Crippen LogP contribution in [0.3, 0.4) is 0 Å². The topological polar surface area (TPSA) is 31.9 Å². The van der Waals surface area contributed by atoms with Crippen LogP contribution in [0.5, 0.6) is 0 Å². The molecule has 0 spiro atoms. The first-order valence-corrected chi connectivity index (χ1v) is 6.30. The van der Waals surface area contributed by atoms with Gasteiger partial charge in [0, 0.05) is 23.7 Å². The Kier molecular flexibility index (Phi) is 2.18. The maximum atomic E-state index is 4.74. The van der Waals surface area contributed by atoms with Gasteiger partial charge in [-0.3, -0.25) is 0 Å². The number of hydrogen-bond acceptors (Lipinski definition) is 2. The molecule has 3 heteroatoms. The average molecular weight is 229 g/mol. The first-order chi connectivity index (χ1) is 8.05. The number of rotatable bonds is 0. The van der Waals surface area contributed by atoms with Crippen molar-refractivity contribution in [2.75, 3.05) is 11.4 Å². The predicted molar refractivity (Wildman–Crippen MR) is 71.5 cm³/mol. The average Bonchev–Trinajstić information content (AvgIpc) is 2.70. The third kappa shape index (κ3) is 1.70. The molecule has 0 amide bonds. The van der Waals surface area contributed by atoms with E-state index < -0.39 is 0 Å². The summed E-state index contributed by atoms with van der Waals surface area (Å²) in [5.74, 6) is 0. The second-order valence-electron chi connectivity index (χ2n) is 5.80. The molecule has 3 rings (SSSR count). The molecule has 0 aliphatic carbocycles. The number of aromatic amines is 1. The van der Waals surface area contributed by atoms with Crippen LogP contribution in [0.4, 0.5) is 5.69 Å². The Labute approximate surface area is 102 Å². The number of H-pyrrole nitrogens is 1. The zero-order chi connectivity index (χ0) is 12.0. The smallest absolute Gasteiger partial charge is 0.137 e. The van der Waals surface area contributed by atoms with Crippen molar-refractivity contribution in [3.63, 3.8) is 0 Å². The van der Waals surface area contributed by atoms with Gasteiger partial charge < -0.3 is 9.88 Å². The molecule has 0 atom stereocenters. The van der Waals surface area contributed by atoms with Crippen molar-refractivity contribution in [3.8, 4) is 0 Å². The highest BCUT2D eigenvalue weighted by atomic mass is 15.2. The van der Waals surface area contributed by atoms with Crippen LogP contribution in [-0.4, -0.2) is 22.1 Å². The molecule has 0 aromatic carbocycles. The molecule has 0 radical (unpaired) electrons. The Balaban J connectivity index is 2.18. The standard InChI is InChI=1S/C14H19N3/c1-14(2,3)17-8-4-5-11-12(17)9-10-6-7-15-13(10)16-11/h6-7,9H,4-5,8H2,1-3H3,(H,15,16). The van der Waals surface area contributed by atoms with Crippen LogP contribution in [0.2, 0.25) is 0 Å². The van der Waals surface area contributed by atoms with Crippen LogP contribution in [0.25, 0.3) is 11.0 Å². The Bertz CT molecular complexity index is 548. The largest absolute Gasteiger partial charge is 0.365 e.